The monoisotopic (exact) mass is 222 g/mol. The molecule has 0 unspecified atom stereocenters. The van der Waals surface area contributed by atoms with E-state index in [1.807, 2.05) is 0 Å². The highest BCUT2D eigenvalue weighted by molar-refractivity contribution is 5.50. The number of hydrogen-bond acceptors (Lipinski definition) is 2. The van der Waals surface area contributed by atoms with Crippen molar-refractivity contribution in [3.8, 4) is 11.5 Å². The lowest BCUT2D eigenvalue weighted by Crippen LogP contribution is -2.21. The highest BCUT2D eigenvalue weighted by atomic mass is 16.3. The molecule has 0 saturated carbocycles. The summed E-state index contributed by atoms with van der Waals surface area (Å²) in [4.78, 5) is 0. The zero-order chi connectivity index (χ0) is 12.7. The fraction of sp³-hybridized carbons (Fsp3) is 0.571. The Labute approximate surface area is 97.9 Å². The smallest absolute Gasteiger partial charge is 0.157 e. The molecule has 2 nitrogen and oxygen atoms in total. The molecule has 90 valence electrons. The molecule has 1 aromatic carbocycles. The van der Waals surface area contributed by atoms with Crippen LogP contribution in [0.5, 0.6) is 11.5 Å². The first-order valence-corrected chi connectivity index (χ1v) is 5.60. The molecule has 2 N–H and O–H groups in total. The zero-order valence-electron chi connectivity index (χ0n) is 11.0. The van der Waals surface area contributed by atoms with Crippen molar-refractivity contribution < 1.29 is 10.2 Å². The summed E-state index contributed by atoms with van der Waals surface area (Å²) < 4.78 is 0. The lowest BCUT2D eigenvalue weighted by Gasteiger charge is -2.30. The molecule has 0 bridgehead atoms. The Bertz CT molecular complexity index is 353. The van der Waals surface area contributed by atoms with Crippen molar-refractivity contribution in [3.05, 3.63) is 23.3 Å². The van der Waals surface area contributed by atoms with E-state index in [4.69, 9.17) is 0 Å². The van der Waals surface area contributed by atoms with E-state index >= 15 is 0 Å². The molecule has 0 aliphatic carbocycles. The maximum Gasteiger partial charge on any atom is 0.157 e. The van der Waals surface area contributed by atoms with Crippen LogP contribution in [0, 0.1) is 0 Å². The van der Waals surface area contributed by atoms with Crippen molar-refractivity contribution in [2.24, 2.45) is 0 Å². The van der Waals surface area contributed by atoms with Gasteiger partial charge in [-0.05, 0) is 34.1 Å². The third-order valence-electron chi connectivity index (χ3n) is 2.73. The van der Waals surface area contributed by atoms with E-state index in [1.165, 1.54) is 0 Å². The molecule has 0 heterocycles. The minimum atomic E-state index is -0.0478. The molecule has 0 spiro atoms. The predicted molar refractivity (Wildman–Crippen MR) is 67.2 cm³/mol. The van der Waals surface area contributed by atoms with Crippen molar-refractivity contribution in [1.82, 2.24) is 0 Å². The number of rotatable bonds is 0. The Morgan fingerprint density at radius 1 is 0.688 bits per heavy atom. The summed E-state index contributed by atoms with van der Waals surface area (Å²) in [7, 11) is 0. The van der Waals surface area contributed by atoms with Crippen molar-refractivity contribution in [3.63, 3.8) is 0 Å². The lowest BCUT2D eigenvalue weighted by atomic mass is 9.75. The van der Waals surface area contributed by atoms with Gasteiger partial charge in [0.1, 0.15) is 0 Å². The maximum atomic E-state index is 9.60. The number of benzene rings is 1. The highest BCUT2D eigenvalue weighted by Gasteiger charge is 2.26. The van der Waals surface area contributed by atoms with E-state index < -0.39 is 0 Å². The number of hydrogen-bond donors (Lipinski definition) is 2. The number of phenols is 2. The van der Waals surface area contributed by atoms with Gasteiger partial charge in [0.05, 0.1) is 0 Å². The van der Waals surface area contributed by atoms with E-state index in [9.17, 15) is 10.2 Å². The van der Waals surface area contributed by atoms with Gasteiger partial charge < -0.3 is 10.2 Å². The molecular formula is C14H22O2. The van der Waals surface area contributed by atoms with Gasteiger partial charge >= 0.3 is 0 Å². The first kappa shape index (κ1) is 12.9. The fourth-order valence-electron chi connectivity index (χ4n) is 1.82. The minimum Gasteiger partial charge on any atom is -0.504 e. The summed E-state index contributed by atoms with van der Waals surface area (Å²) in [6, 6.07) is 3.35. The summed E-state index contributed by atoms with van der Waals surface area (Å²) in [5.41, 5.74) is 2.06. The molecule has 0 atom stereocenters. The topological polar surface area (TPSA) is 40.5 Å². The van der Waals surface area contributed by atoms with Crippen LogP contribution in [0.1, 0.15) is 52.7 Å². The summed E-state index contributed by atoms with van der Waals surface area (Å²) in [5.74, 6) is -0.0872. The molecule has 1 aromatic rings. The van der Waals surface area contributed by atoms with Crippen molar-refractivity contribution in [1.29, 1.82) is 0 Å². The van der Waals surface area contributed by atoms with Crippen LogP contribution in [0.2, 0.25) is 0 Å². The van der Waals surface area contributed by atoms with Crippen LogP contribution in [0.15, 0.2) is 12.1 Å². The first-order valence-electron chi connectivity index (χ1n) is 5.60. The van der Waals surface area contributed by atoms with Crippen molar-refractivity contribution >= 4 is 0 Å². The van der Waals surface area contributed by atoms with Crippen LogP contribution < -0.4 is 0 Å². The van der Waals surface area contributed by atoms with E-state index in [1.54, 1.807) is 12.1 Å². The molecule has 0 radical (unpaired) electrons. The van der Waals surface area contributed by atoms with Crippen molar-refractivity contribution in [2.45, 2.75) is 52.4 Å². The van der Waals surface area contributed by atoms with Gasteiger partial charge in [-0.2, -0.15) is 0 Å². The van der Waals surface area contributed by atoms with E-state index in [0.29, 0.717) is 0 Å². The van der Waals surface area contributed by atoms with Crippen LogP contribution in [-0.4, -0.2) is 10.2 Å². The quantitative estimate of drug-likeness (QED) is 0.657. The number of aromatic hydroxyl groups is 2. The van der Waals surface area contributed by atoms with Crippen molar-refractivity contribution in [2.75, 3.05) is 0 Å². The second-order valence-electron chi connectivity index (χ2n) is 6.39. The third kappa shape index (κ3) is 2.49. The highest BCUT2D eigenvalue weighted by Crippen LogP contribution is 2.39. The Balaban J connectivity index is 3.53. The van der Waals surface area contributed by atoms with Crippen LogP contribution >= 0.6 is 0 Å². The largest absolute Gasteiger partial charge is 0.504 e. The van der Waals surface area contributed by atoms with Gasteiger partial charge in [-0.3, -0.25) is 0 Å². The maximum absolute atomic E-state index is 9.60. The van der Waals surface area contributed by atoms with Crippen LogP contribution in [0.25, 0.3) is 0 Å². The van der Waals surface area contributed by atoms with Gasteiger partial charge in [0.2, 0.25) is 0 Å². The Kier molecular flexibility index (Phi) is 2.97. The molecule has 0 aliphatic heterocycles. The normalized spacial score (nSPS) is 12.9. The molecule has 0 aliphatic rings. The van der Waals surface area contributed by atoms with E-state index in [0.717, 1.165) is 11.1 Å². The molecular weight excluding hydrogens is 200 g/mol. The summed E-state index contributed by atoms with van der Waals surface area (Å²) in [6.45, 7) is 12.6. The summed E-state index contributed by atoms with van der Waals surface area (Å²) in [5, 5.41) is 19.2. The number of phenolic OH excluding ortho intramolecular Hbond substituents is 2. The SMILES string of the molecule is CC(C)(C)c1cc(O)c(O)cc1C(C)(C)C. The van der Waals surface area contributed by atoms with Gasteiger partial charge in [-0.15, -0.1) is 0 Å². The van der Waals surface area contributed by atoms with Gasteiger partial charge in [0.25, 0.3) is 0 Å². The van der Waals surface area contributed by atoms with E-state index in [-0.39, 0.29) is 22.3 Å². The standard InChI is InChI=1S/C14H22O2/c1-13(2,3)9-7-11(15)12(16)8-10(9)14(4,5)6/h7-8,15-16H,1-6H3. The van der Waals surface area contributed by atoms with Gasteiger partial charge in [-0.1, -0.05) is 41.5 Å². The zero-order valence-corrected chi connectivity index (χ0v) is 11.0. The Morgan fingerprint density at radius 3 is 1.12 bits per heavy atom. The Morgan fingerprint density at radius 2 is 0.938 bits per heavy atom. The molecule has 1 rings (SSSR count). The van der Waals surface area contributed by atoms with Crippen LogP contribution in [0.4, 0.5) is 0 Å². The lowest BCUT2D eigenvalue weighted by molar-refractivity contribution is 0.397. The molecule has 0 fully saturated rings. The average molecular weight is 222 g/mol. The van der Waals surface area contributed by atoms with Gasteiger partial charge in [0.15, 0.2) is 11.5 Å². The second kappa shape index (κ2) is 3.69. The molecule has 2 heteroatoms. The molecule has 0 amide bonds. The van der Waals surface area contributed by atoms with Gasteiger partial charge in [-0.25, -0.2) is 0 Å². The fourth-order valence-corrected chi connectivity index (χ4v) is 1.82. The van der Waals surface area contributed by atoms with E-state index in [2.05, 4.69) is 41.5 Å². The minimum absolute atomic E-state index is 0.0436. The summed E-state index contributed by atoms with van der Waals surface area (Å²) in [6.07, 6.45) is 0. The molecule has 0 saturated heterocycles. The molecule has 16 heavy (non-hydrogen) atoms. The predicted octanol–water partition coefficient (Wildman–Crippen LogP) is 3.69. The van der Waals surface area contributed by atoms with Gasteiger partial charge in [0, 0.05) is 0 Å². The first-order chi connectivity index (χ1) is 7.03. The second-order valence-corrected chi connectivity index (χ2v) is 6.39. The molecule has 0 aromatic heterocycles. The average Bonchev–Trinajstić information content (AvgIpc) is 2.05. The van der Waals surface area contributed by atoms with Crippen LogP contribution in [-0.2, 0) is 10.8 Å². The van der Waals surface area contributed by atoms with Crippen LogP contribution in [0.3, 0.4) is 0 Å². The Hall–Kier alpha value is -1.18. The summed E-state index contributed by atoms with van der Waals surface area (Å²) >= 11 is 0. The third-order valence-corrected chi connectivity index (χ3v) is 2.73.